The van der Waals surface area contributed by atoms with Crippen molar-refractivity contribution in [2.75, 3.05) is 4.90 Å². The number of halogens is 4. The lowest BCUT2D eigenvalue weighted by Crippen LogP contribution is -2.30. The molecule has 166 valence electrons. The number of para-hydroxylation sites is 2. The minimum atomic E-state index is -0.865. The summed E-state index contributed by atoms with van der Waals surface area (Å²) in [5, 5.41) is 9.97. The Morgan fingerprint density at radius 1 is 0.818 bits per heavy atom. The zero-order valence-electron chi connectivity index (χ0n) is 16.0. The Hall–Kier alpha value is -3.17. The summed E-state index contributed by atoms with van der Waals surface area (Å²) in [5.41, 5.74) is -0.694. The van der Waals surface area contributed by atoms with Gasteiger partial charge >= 0.3 is 5.97 Å². The average molecular weight is 526 g/mol. The third kappa shape index (κ3) is 3.81. The lowest BCUT2D eigenvalue weighted by molar-refractivity contribution is -0.384. The number of carbonyl (C=O) groups is 3. The number of amides is 2. The first kappa shape index (κ1) is 23.0. The maximum atomic E-state index is 13.1. The number of hydrogen-bond acceptors (Lipinski definition) is 6. The van der Waals surface area contributed by atoms with Crippen LogP contribution in [0.25, 0.3) is 0 Å². The smallest absolute Gasteiger partial charge is 0.343 e. The maximum Gasteiger partial charge on any atom is 0.343 e. The van der Waals surface area contributed by atoms with Gasteiger partial charge in [-0.3, -0.25) is 19.7 Å². The minimum absolute atomic E-state index is 0.0161. The number of nitro groups is 1. The van der Waals surface area contributed by atoms with Crippen molar-refractivity contribution in [3.05, 3.63) is 95.4 Å². The Balaban J connectivity index is 1.72. The lowest BCUT2D eigenvalue weighted by atomic mass is 10.1. The van der Waals surface area contributed by atoms with E-state index in [9.17, 15) is 24.5 Å². The van der Waals surface area contributed by atoms with Crippen molar-refractivity contribution < 1.29 is 24.0 Å². The van der Waals surface area contributed by atoms with Crippen LogP contribution in [0.4, 0.5) is 11.4 Å². The zero-order chi connectivity index (χ0) is 24.0. The fourth-order valence-electron chi connectivity index (χ4n) is 3.17. The molecule has 0 aliphatic carbocycles. The molecule has 2 amide bonds. The van der Waals surface area contributed by atoms with E-state index in [1.807, 2.05) is 0 Å². The first-order valence-electron chi connectivity index (χ1n) is 8.93. The van der Waals surface area contributed by atoms with E-state index in [-0.39, 0.29) is 53.9 Å². The fraction of sp³-hybridized carbons (Fsp3) is 0. The largest absolute Gasteiger partial charge is 0.421 e. The summed E-state index contributed by atoms with van der Waals surface area (Å²) in [4.78, 5) is 49.7. The molecule has 4 rings (SSSR count). The normalized spacial score (nSPS) is 12.7. The number of fused-ring (bicyclic) bond motifs is 1. The van der Waals surface area contributed by atoms with Crippen LogP contribution in [-0.2, 0) is 0 Å². The van der Waals surface area contributed by atoms with Gasteiger partial charge in [-0.05, 0) is 24.3 Å². The van der Waals surface area contributed by atoms with Crippen LogP contribution in [0.3, 0.4) is 0 Å². The van der Waals surface area contributed by atoms with Crippen molar-refractivity contribution in [3.8, 4) is 5.75 Å². The quantitative estimate of drug-likeness (QED) is 0.0760. The summed E-state index contributed by atoms with van der Waals surface area (Å²) in [7, 11) is 0. The molecule has 0 N–H and O–H groups in total. The Kier molecular flexibility index (Phi) is 6.02. The van der Waals surface area contributed by atoms with Gasteiger partial charge in [-0.15, -0.1) is 0 Å². The number of benzene rings is 3. The second-order valence-corrected chi connectivity index (χ2v) is 8.12. The Labute approximate surface area is 205 Å². The Bertz CT molecular complexity index is 1330. The van der Waals surface area contributed by atoms with Crippen LogP contribution >= 0.6 is 46.4 Å². The van der Waals surface area contributed by atoms with Crippen LogP contribution in [0.15, 0.2) is 48.5 Å². The van der Waals surface area contributed by atoms with Gasteiger partial charge in [0.2, 0.25) is 0 Å². The van der Waals surface area contributed by atoms with E-state index in [1.54, 1.807) is 0 Å². The van der Waals surface area contributed by atoms with E-state index in [0.29, 0.717) is 0 Å². The highest BCUT2D eigenvalue weighted by molar-refractivity contribution is 6.56. The van der Waals surface area contributed by atoms with E-state index in [1.165, 1.54) is 36.4 Å². The van der Waals surface area contributed by atoms with Gasteiger partial charge in [0.15, 0.2) is 5.75 Å². The predicted molar refractivity (Wildman–Crippen MR) is 122 cm³/mol. The van der Waals surface area contributed by atoms with Gasteiger partial charge in [-0.2, -0.15) is 0 Å². The molecule has 0 saturated carbocycles. The molecule has 3 aromatic rings. The van der Waals surface area contributed by atoms with E-state index >= 15 is 0 Å². The molecule has 12 heteroatoms. The molecule has 0 bridgehead atoms. The summed E-state index contributed by atoms with van der Waals surface area (Å²) >= 11 is 24.4. The van der Waals surface area contributed by atoms with Gasteiger partial charge < -0.3 is 4.74 Å². The number of hydrogen-bond donors (Lipinski definition) is 0. The van der Waals surface area contributed by atoms with Crippen LogP contribution in [0.1, 0.15) is 31.1 Å². The molecular weight excluding hydrogens is 518 g/mol. The Morgan fingerprint density at radius 2 is 1.33 bits per heavy atom. The van der Waals surface area contributed by atoms with Crippen LogP contribution in [0.5, 0.6) is 5.75 Å². The van der Waals surface area contributed by atoms with E-state index in [0.717, 1.165) is 17.0 Å². The SMILES string of the molecule is O=C(Oc1ccccc1N1C(=O)c2c(Cl)c(Cl)c(Cl)c(Cl)c2C1=O)c1ccc([N+](=O)[O-])cc1. The monoisotopic (exact) mass is 524 g/mol. The van der Waals surface area contributed by atoms with E-state index in [4.69, 9.17) is 51.1 Å². The average Bonchev–Trinajstić information content (AvgIpc) is 3.06. The van der Waals surface area contributed by atoms with Crippen molar-refractivity contribution in [2.45, 2.75) is 0 Å². The zero-order valence-corrected chi connectivity index (χ0v) is 19.0. The highest BCUT2D eigenvalue weighted by Gasteiger charge is 2.43. The van der Waals surface area contributed by atoms with Crippen molar-refractivity contribution in [1.29, 1.82) is 0 Å². The molecule has 0 saturated heterocycles. The third-order valence-corrected chi connectivity index (χ3v) is 6.53. The molecule has 0 spiro atoms. The van der Waals surface area contributed by atoms with Gasteiger partial charge in [0.1, 0.15) is 0 Å². The first-order chi connectivity index (χ1) is 15.6. The topological polar surface area (TPSA) is 107 Å². The van der Waals surface area contributed by atoms with Crippen LogP contribution in [0, 0.1) is 10.1 Å². The number of carbonyl (C=O) groups excluding carboxylic acids is 3. The molecule has 3 aromatic carbocycles. The molecule has 0 unspecified atom stereocenters. The molecule has 1 aliphatic heterocycles. The van der Waals surface area contributed by atoms with Crippen LogP contribution in [0.2, 0.25) is 20.1 Å². The summed E-state index contributed by atoms with van der Waals surface area (Å²) in [6.07, 6.45) is 0. The van der Waals surface area contributed by atoms with Crippen molar-refractivity contribution in [3.63, 3.8) is 0 Å². The molecular formula is C21H8Cl4N2O6. The number of nitrogens with zero attached hydrogens (tertiary/aromatic N) is 2. The van der Waals surface area contributed by atoms with Gasteiger partial charge in [0.05, 0.1) is 47.4 Å². The molecule has 33 heavy (non-hydrogen) atoms. The molecule has 1 aliphatic rings. The number of rotatable bonds is 4. The number of imide groups is 1. The van der Waals surface area contributed by atoms with Crippen LogP contribution in [-0.4, -0.2) is 22.7 Å². The standard InChI is InChI=1S/C21H8Cl4N2O6/c22-15-13-14(16(23)18(25)17(15)24)20(29)26(19(13)28)11-3-1-2-4-12(11)33-21(30)9-5-7-10(8-6-9)27(31)32/h1-8H. The molecule has 0 atom stereocenters. The van der Waals surface area contributed by atoms with Gasteiger partial charge in [0.25, 0.3) is 17.5 Å². The number of non-ortho nitro benzene ring substituents is 1. The summed E-state index contributed by atoms with van der Waals surface area (Å²) in [5.74, 6) is -2.66. The van der Waals surface area contributed by atoms with E-state index < -0.39 is 22.7 Å². The van der Waals surface area contributed by atoms with Gasteiger partial charge in [-0.1, -0.05) is 58.5 Å². The minimum Gasteiger partial charge on any atom is -0.421 e. The lowest BCUT2D eigenvalue weighted by Gasteiger charge is -2.17. The van der Waals surface area contributed by atoms with Crippen molar-refractivity contribution in [2.24, 2.45) is 0 Å². The molecule has 1 heterocycles. The summed E-state index contributed by atoms with van der Waals surface area (Å²) < 4.78 is 5.37. The summed E-state index contributed by atoms with van der Waals surface area (Å²) in [6.45, 7) is 0. The number of esters is 1. The second kappa shape index (κ2) is 8.64. The maximum absolute atomic E-state index is 13.1. The summed E-state index contributed by atoms with van der Waals surface area (Å²) in [6, 6.07) is 10.5. The molecule has 0 aromatic heterocycles. The highest BCUT2D eigenvalue weighted by atomic mass is 35.5. The van der Waals surface area contributed by atoms with Crippen molar-refractivity contribution >= 4 is 75.6 Å². The molecule has 0 radical (unpaired) electrons. The van der Waals surface area contributed by atoms with Crippen molar-refractivity contribution in [1.82, 2.24) is 0 Å². The predicted octanol–water partition coefficient (Wildman–Crippen LogP) is 6.23. The second-order valence-electron chi connectivity index (χ2n) is 6.61. The van der Waals surface area contributed by atoms with Gasteiger partial charge in [0, 0.05) is 12.1 Å². The fourth-order valence-corrected chi connectivity index (χ4v) is 4.19. The third-order valence-electron chi connectivity index (χ3n) is 4.72. The molecule has 8 nitrogen and oxygen atoms in total. The van der Waals surface area contributed by atoms with E-state index in [2.05, 4.69) is 0 Å². The highest BCUT2D eigenvalue weighted by Crippen LogP contribution is 2.46. The number of ether oxygens (including phenoxy) is 1. The molecule has 0 fully saturated rings. The first-order valence-corrected chi connectivity index (χ1v) is 10.4. The Morgan fingerprint density at radius 3 is 1.85 bits per heavy atom. The number of anilines is 1. The van der Waals surface area contributed by atoms with Crippen LogP contribution < -0.4 is 9.64 Å². The number of nitro benzene ring substituents is 1. The van der Waals surface area contributed by atoms with Gasteiger partial charge in [-0.25, -0.2) is 9.69 Å².